The zero-order valence-corrected chi connectivity index (χ0v) is 32.3. The van der Waals surface area contributed by atoms with Crippen LogP contribution in [0.3, 0.4) is 0 Å². The number of hydrogen-bond donors (Lipinski definition) is 0. The second kappa shape index (κ2) is 12.5. The fraction of sp³-hybridized carbons (Fsp3) is 0.160. The van der Waals surface area contributed by atoms with Gasteiger partial charge in [0.1, 0.15) is 0 Å². The van der Waals surface area contributed by atoms with Gasteiger partial charge in [0, 0.05) is 32.4 Å². The van der Waals surface area contributed by atoms with Gasteiger partial charge in [0.2, 0.25) is 0 Å². The van der Waals surface area contributed by atoms with Crippen LogP contribution in [0.2, 0.25) is 0 Å². The maximum atomic E-state index is 2.49. The number of rotatable bonds is 3. The number of benzene rings is 7. The molecular formula is C50H45N2P. The third kappa shape index (κ3) is 4.93. The Bertz CT molecular complexity index is 2560. The van der Waals surface area contributed by atoms with Gasteiger partial charge in [0.15, 0.2) is 0 Å². The molecule has 2 aliphatic heterocycles. The van der Waals surface area contributed by atoms with Crippen molar-refractivity contribution in [1.82, 2.24) is 0 Å². The number of para-hydroxylation sites is 4. The molecule has 0 aliphatic carbocycles. The molecule has 7 aromatic carbocycles. The lowest BCUT2D eigenvalue weighted by Gasteiger charge is -2.42. The van der Waals surface area contributed by atoms with E-state index < -0.39 is 7.53 Å². The van der Waals surface area contributed by atoms with Crippen molar-refractivity contribution in [3.63, 3.8) is 0 Å². The summed E-state index contributed by atoms with van der Waals surface area (Å²) in [6, 6.07) is 61.4. The molecule has 2 aliphatic rings. The van der Waals surface area contributed by atoms with Gasteiger partial charge < -0.3 is 9.80 Å². The molecule has 3 heterocycles. The van der Waals surface area contributed by atoms with Crippen LogP contribution in [-0.2, 0) is 10.8 Å². The summed E-state index contributed by atoms with van der Waals surface area (Å²) in [5.74, 6) is 0. The van der Waals surface area contributed by atoms with Crippen LogP contribution in [0.15, 0.2) is 164 Å². The Kier molecular flexibility index (Phi) is 7.88. The standard InChI is InChI=1S/C48H39N2P.C2H6/c1-47(2)37-18-8-12-22-41(37)49(42-23-13-9-19-38(42)47)32-27-29-45-36(30-32)35-28-26-33(31-46(35)51(45)34-16-6-5-7-17-34)50-43-24-14-10-20-39(43)48(3,4)40-21-11-15-25-44(40)50;1-2/h5-31H,1-4H3;1-2H3. The third-order valence-corrected chi connectivity index (χ3v) is 14.1. The second-order valence-corrected chi connectivity index (χ2v) is 17.2. The van der Waals surface area contributed by atoms with E-state index in [9.17, 15) is 0 Å². The third-order valence-electron chi connectivity index (χ3n) is 11.5. The van der Waals surface area contributed by atoms with Crippen LogP contribution >= 0.6 is 7.53 Å². The highest BCUT2D eigenvalue weighted by molar-refractivity contribution is 7.67. The summed E-state index contributed by atoms with van der Waals surface area (Å²) in [6.45, 7) is 13.4. The largest absolute Gasteiger partial charge is 0.310 e. The van der Waals surface area contributed by atoms with Crippen molar-refractivity contribution in [2.75, 3.05) is 9.80 Å². The van der Waals surface area contributed by atoms with Gasteiger partial charge >= 0.3 is 0 Å². The lowest BCUT2D eigenvalue weighted by molar-refractivity contribution is 0.632. The summed E-state index contributed by atoms with van der Waals surface area (Å²) in [5, 5.41) is 6.90. The highest BCUT2D eigenvalue weighted by Crippen LogP contribution is 2.59. The predicted molar refractivity (Wildman–Crippen MR) is 230 cm³/mol. The molecule has 260 valence electrons. The van der Waals surface area contributed by atoms with Gasteiger partial charge in [0.05, 0.1) is 22.7 Å². The van der Waals surface area contributed by atoms with E-state index in [1.165, 1.54) is 82.7 Å². The minimum absolute atomic E-state index is 0.0913. The summed E-state index contributed by atoms with van der Waals surface area (Å²) in [4.78, 5) is 4.98. The molecule has 0 radical (unpaired) electrons. The van der Waals surface area contributed by atoms with Gasteiger partial charge in [-0.3, -0.25) is 0 Å². The fourth-order valence-corrected chi connectivity index (χ4v) is 11.7. The summed E-state index contributed by atoms with van der Waals surface area (Å²) in [7, 11) is -0.758. The molecule has 0 spiro atoms. The van der Waals surface area contributed by atoms with Crippen LogP contribution < -0.4 is 9.80 Å². The molecule has 1 atom stereocenters. The van der Waals surface area contributed by atoms with Crippen molar-refractivity contribution in [3.8, 4) is 5.30 Å². The number of fused-ring (bicyclic) bond motifs is 7. The summed E-state index contributed by atoms with van der Waals surface area (Å²) in [5.41, 5.74) is 12.7. The maximum absolute atomic E-state index is 2.49. The van der Waals surface area contributed by atoms with Gasteiger partial charge in [-0.1, -0.05) is 158 Å². The van der Waals surface area contributed by atoms with Crippen LogP contribution in [0.25, 0.3) is 26.3 Å². The minimum atomic E-state index is -0.758. The first-order chi connectivity index (χ1) is 25.8. The van der Waals surface area contributed by atoms with Crippen LogP contribution in [0.5, 0.6) is 0 Å². The topological polar surface area (TPSA) is 6.48 Å². The first kappa shape index (κ1) is 33.3. The van der Waals surface area contributed by atoms with E-state index in [2.05, 4.69) is 201 Å². The number of hydrogen-bond acceptors (Lipinski definition) is 2. The quantitative estimate of drug-likeness (QED) is 0.181. The number of nitrogens with zero attached hydrogens (tertiary/aromatic N) is 2. The molecule has 0 amide bonds. The zero-order chi connectivity index (χ0) is 36.5. The van der Waals surface area contributed by atoms with Crippen molar-refractivity contribution in [2.24, 2.45) is 0 Å². The Hall–Kier alpha value is -5.56. The first-order valence-corrected chi connectivity index (χ1v) is 20.3. The lowest BCUT2D eigenvalue weighted by Crippen LogP contribution is -2.30. The summed E-state index contributed by atoms with van der Waals surface area (Å²) < 4.78 is 0. The average Bonchev–Trinajstić information content (AvgIpc) is 3.52. The molecular weight excluding hydrogens is 660 g/mol. The van der Waals surface area contributed by atoms with E-state index in [-0.39, 0.29) is 10.8 Å². The first-order valence-electron chi connectivity index (χ1n) is 19.0. The summed E-state index contributed by atoms with van der Waals surface area (Å²) >= 11 is 0. The Labute approximate surface area is 315 Å². The molecule has 1 unspecified atom stereocenters. The Morgan fingerprint density at radius 3 is 1.25 bits per heavy atom. The van der Waals surface area contributed by atoms with E-state index in [1.54, 1.807) is 0 Å². The molecule has 0 fully saturated rings. The number of anilines is 6. The molecule has 10 rings (SSSR count). The van der Waals surface area contributed by atoms with Gasteiger partial charge in [-0.25, -0.2) is 0 Å². The smallest absolute Gasteiger partial charge is 0.0502 e. The van der Waals surface area contributed by atoms with E-state index in [0.717, 1.165) is 0 Å². The SMILES string of the molecule is CC.CC1(C)c2ccccc2N(c2ccc3c(c2)c2ccc(N4c5ccccc5C(C)(C)c5ccccc54)cc2p3-c2ccccc2)c2ccccc21. The van der Waals surface area contributed by atoms with Crippen molar-refractivity contribution in [3.05, 3.63) is 186 Å². The monoisotopic (exact) mass is 704 g/mol. The Balaban J connectivity index is 0.00000183. The highest BCUT2D eigenvalue weighted by atomic mass is 31.1. The molecule has 0 N–H and O–H groups in total. The maximum Gasteiger partial charge on any atom is 0.0502 e. The van der Waals surface area contributed by atoms with Gasteiger partial charge in [0.25, 0.3) is 0 Å². The van der Waals surface area contributed by atoms with Crippen LogP contribution in [0.1, 0.15) is 63.8 Å². The molecule has 2 nitrogen and oxygen atoms in total. The van der Waals surface area contributed by atoms with Gasteiger partial charge in [-0.15, -0.1) is 0 Å². The Morgan fingerprint density at radius 1 is 0.377 bits per heavy atom. The van der Waals surface area contributed by atoms with E-state index >= 15 is 0 Å². The minimum Gasteiger partial charge on any atom is -0.310 e. The van der Waals surface area contributed by atoms with Crippen LogP contribution in [0, 0.1) is 0 Å². The van der Waals surface area contributed by atoms with Crippen LogP contribution in [0.4, 0.5) is 34.1 Å². The van der Waals surface area contributed by atoms with Gasteiger partial charge in [-0.05, 0) is 92.9 Å². The molecule has 1 aromatic heterocycles. The molecule has 8 aromatic rings. The molecule has 0 saturated carbocycles. The van der Waals surface area contributed by atoms with Crippen molar-refractivity contribution < 1.29 is 0 Å². The molecule has 0 saturated heterocycles. The zero-order valence-electron chi connectivity index (χ0n) is 31.4. The van der Waals surface area contributed by atoms with E-state index in [0.29, 0.717) is 0 Å². The summed E-state index contributed by atoms with van der Waals surface area (Å²) in [6.07, 6.45) is 0. The molecule has 0 bridgehead atoms. The van der Waals surface area contributed by atoms with Crippen LogP contribution in [-0.4, -0.2) is 0 Å². The second-order valence-electron chi connectivity index (χ2n) is 15.1. The van der Waals surface area contributed by atoms with Gasteiger partial charge in [-0.2, -0.15) is 0 Å². The Morgan fingerprint density at radius 2 is 0.774 bits per heavy atom. The molecule has 3 heteroatoms. The fourth-order valence-electron chi connectivity index (χ4n) is 9.03. The lowest BCUT2D eigenvalue weighted by atomic mass is 9.73. The van der Waals surface area contributed by atoms with Crippen molar-refractivity contribution in [2.45, 2.75) is 52.4 Å². The highest BCUT2D eigenvalue weighted by Gasteiger charge is 2.38. The normalized spacial score (nSPS) is 15.2. The van der Waals surface area contributed by atoms with Crippen molar-refractivity contribution in [1.29, 1.82) is 0 Å². The van der Waals surface area contributed by atoms with Crippen molar-refractivity contribution >= 4 is 62.7 Å². The van der Waals surface area contributed by atoms with E-state index in [1.807, 2.05) is 13.8 Å². The van der Waals surface area contributed by atoms with E-state index in [4.69, 9.17) is 0 Å². The average molecular weight is 705 g/mol. The molecule has 53 heavy (non-hydrogen) atoms. The predicted octanol–water partition coefficient (Wildman–Crippen LogP) is 15.2.